The van der Waals surface area contributed by atoms with E-state index in [1.54, 1.807) is 39.0 Å². The van der Waals surface area contributed by atoms with E-state index in [0.717, 1.165) is 6.07 Å². The summed E-state index contributed by atoms with van der Waals surface area (Å²) in [5.41, 5.74) is 0.344. The van der Waals surface area contributed by atoms with Crippen LogP contribution < -0.4 is 14.4 Å². The number of carbonyl (C=O) groups is 1. The Hall–Kier alpha value is -2.87. The van der Waals surface area contributed by atoms with E-state index in [4.69, 9.17) is 4.74 Å². The molecule has 0 saturated carbocycles. The SMILES string of the molecule is C=CCN1C(=O)C(C)(C)COc2ccc(NS(=O)(=O)c3cc(F)ccc3C)cc21. The van der Waals surface area contributed by atoms with Crippen LogP contribution in [0.4, 0.5) is 15.8 Å². The molecular weight excluding hydrogens is 395 g/mol. The number of nitrogens with one attached hydrogen (secondary N) is 1. The molecular formula is C21H23FN2O4S. The summed E-state index contributed by atoms with van der Waals surface area (Å²) in [5, 5.41) is 0. The number of benzene rings is 2. The Morgan fingerprint density at radius 1 is 1.28 bits per heavy atom. The van der Waals surface area contributed by atoms with E-state index in [2.05, 4.69) is 11.3 Å². The van der Waals surface area contributed by atoms with Crippen LogP contribution in [0.15, 0.2) is 53.9 Å². The molecule has 154 valence electrons. The summed E-state index contributed by atoms with van der Waals surface area (Å²) in [4.78, 5) is 14.3. The third-order valence-electron chi connectivity index (χ3n) is 4.67. The number of aryl methyl sites for hydroxylation is 1. The van der Waals surface area contributed by atoms with Crippen LogP contribution in [-0.4, -0.2) is 27.5 Å². The Labute approximate surface area is 170 Å². The maximum absolute atomic E-state index is 13.6. The molecule has 0 spiro atoms. The minimum absolute atomic E-state index is 0.149. The van der Waals surface area contributed by atoms with Crippen molar-refractivity contribution < 1.29 is 22.3 Å². The second-order valence-corrected chi connectivity index (χ2v) is 9.23. The molecule has 2 aromatic rings. The fourth-order valence-electron chi connectivity index (χ4n) is 3.09. The fraction of sp³-hybridized carbons (Fsp3) is 0.286. The second kappa shape index (κ2) is 7.51. The Kier molecular flexibility index (Phi) is 5.40. The lowest BCUT2D eigenvalue weighted by atomic mass is 9.93. The third kappa shape index (κ3) is 4.12. The smallest absolute Gasteiger partial charge is 0.262 e. The highest BCUT2D eigenvalue weighted by Gasteiger charge is 2.37. The molecule has 1 amide bonds. The van der Waals surface area contributed by atoms with E-state index >= 15 is 0 Å². The Bertz CT molecular complexity index is 1080. The highest BCUT2D eigenvalue weighted by molar-refractivity contribution is 7.92. The molecule has 1 N–H and O–H groups in total. The number of rotatable bonds is 5. The van der Waals surface area contributed by atoms with E-state index in [1.807, 2.05) is 0 Å². The van der Waals surface area contributed by atoms with Crippen LogP contribution in [0.5, 0.6) is 5.75 Å². The van der Waals surface area contributed by atoms with Crippen LogP contribution in [0.25, 0.3) is 0 Å². The van der Waals surface area contributed by atoms with Crippen molar-refractivity contribution in [1.29, 1.82) is 0 Å². The number of halogens is 1. The minimum atomic E-state index is -4.02. The molecule has 1 aliphatic heterocycles. The van der Waals surface area contributed by atoms with Crippen molar-refractivity contribution in [3.05, 3.63) is 60.4 Å². The molecule has 0 unspecified atom stereocenters. The maximum atomic E-state index is 13.6. The molecule has 0 aliphatic carbocycles. The number of ether oxygens (including phenoxy) is 1. The lowest BCUT2D eigenvalue weighted by Crippen LogP contribution is -2.42. The average molecular weight is 418 g/mol. The molecule has 3 rings (SSSR count). The molecule has 1 aliphatic rings. The highest BCUT2D eigenvalue weighted by Crippen LogP contribution is 2.38. The summed E-state index contributed by atoms with van der Waals surface area (Å²) in [5.74, 6) is -0.330. The topological polar surface area (TPSA) is 75.7 Å². The van der Waals surface area contributed by atoms with Crippen LogP contribution in [-0.2, 0) is 14.8 Å². The Morgan fingerprint density at radius 2 is 2.00 bits per heavy atom. The minimum Gasteiger partial charge on any atom is -0.490 e. The monoisotopic (exact) mass is 418 g/mol. The largest absolute Gasteiger partial charge is 0.490 e. The van der Waals surface area contributed by atoms with E-state index in [9.17, 15) is 17.6 Å². The molecule has 6 nitrogen and oxygen atoms in total. The molecule has 1 heterocycles. The van der Waals surface area contributed by atoms with Gasteiger partial charge in [0.25, 0.3) is 10.0 Å². The zero-order valence-corrected chi connectivity index (χ0v) is 17.3. The van der Waals surface area contributed by atoms with E-state index in [0.29, 0.717) is 17.0 Å². The van der Waals surface area contributed by atoms with E-state index in [1.165, 1.54) is 23.1 Å². The van der Waals surface area contributed by atoms with Gasteiger partial charge in [0.2, 0.25) is 5.91 Å². The first-order valence-electron chi connectivity index (χ1n) is 9.04. The van der Waals surface area contributed by atoms with Gasteiger partial charge in [0.05, 0.1) is 21.7 Å². The summed E-state index contributed by atoms with van der Waals surface area (Å²) in [6.45, 7) is 9.30. The molecule has 0 fully saturated rings. The van der Waals surface area contributed by atoms with Crippen molar-refractivity contribution in [2.75, 3.05) is 22.8 Å². The van der Waals surface area contributed by atoms with Crippen molar-refractivity contribution in [1.82, 2.24) is 0 Å². The summed E-state index contributed by atoms with van der Waals surface area (Å²) in [7, 11) is -4.02. The number of fused-ring (bicyclic) bond motifs is 1. The van der Waals surface area contributed by atoms with Gasteiger partial charge in [-0.15, -0.1) is 6.58 Å². The summed E-state index contributed by atoms with van der Waals surface area (Å²) in [6.07, 6.45) is 1.59. The molecule has 0 aromatic heterocycles. The van der Waals surface area contributed by atoms with Gasteiger partial charge in [0.15, 0.2) is 0 Å². The van der Waals surface area contributed by atoms with Gasteiger partial charge in [-0.3, -0.25) is 9.52 Å². The van der Waals surface area contributed by atoms with Crippen LogP contribution in [0.2, 0.25) is 0 Å². The molecule has 0 atom stereocenters. The lowest BCUT2D eigenvalue weighted by molar-refractivity contribution is -0.127. The van der Waals surface area contributed by atoms with Crippen molar-refractivity contribution in [3.63, 3.8) is 0 Å². The van der Waals surface area contributed by atoms with Crippen LogP contribution in [0.3, 0.4) is 0 Å². The van der Waals surface area contributed by atoms with Crippen LogP contribution in [0, 0.1) is 18.2 Å². The number of sulfonamides is 1. The molecule has 0 bridgehead atoms. The standard InChI is InChI=1S/C21H23FN2O4S/c1-5-10-24-17-12-16(8-9-18(17)28-13-21(3,4)20(24)25)23-29(26,27)19-11-15(22)7-6-14(19)2/h5-9,11-12,23H,1,10,13H2,2-4H3. The first-order valence-corrected chi connectivity index (χ1v) is 10.5. The van der Waals surface area contributed by atoms with Gasteiger partial charge >= 0.3 is 0 Å². The van der Waals surface area contributed by atoms with E-state index in [-0.39, 0.29) is 29.6 Å². The Morgan fingerprint density at radius 3 is 2.69 bits per heavy atom. The summed E-state index contributed by atoms with van der Waals surface area (Å²) >= 11 is 0. The van der Waals surface area contributed by atoms with Gasteiger partial charge in [-0.25, -0.2) is 12.8 Å². The van der Waals surface area contributed by atoms with Gasteiger partial charge in [0.1, 0.15) is 18.2 Å². The zero-order chi connectivity index (χ0) is 21.4. The van der Waals surface area contributed by atoms with Gasteiger partial charge in [-0.1, -0.05) is 12.1 Å². The van der Waals surface area contributed by atoms with Crippen LogP contribution in [0.1, 0.15) is 19.4 Å². The van der Waals surface area contributed by atoms with Gasteiger partial charge in [-0.05, 0) is 56.7 Å². The van der Waals surface area contributed by atoms with Gasteiger partial charge < -0.3 is 9.64 Å². The molecule has 8 heteroatoms. The predicted molar refractivity (Wildman–Crippen MR) is 110 cm³/mol. The maximum Gasteiger partial charge on any atom is 0.262 e. The number of hydrogen-bond donors (Lipinski definition) is 1. The van der Waals surface area contributed by atoms with Crippen molar-refractivity contribution in [2.45, 2.75) is 25.7 Å². The third-order valence-corrected chi connectivity index (χ3v) is 6.19. The number of hydrogen-bond acceptors (Lipinski definition) is 4. The van der Waals surface area contributed by atoms with Gasteiger partial charge in [0, 0.05) is 6.54 Å². The second-order valence-electron chi connectivity index (χ2n) is 7.57. The quantitative estimate of drug-likeness (QED) is 0.748. The first kappa shape index (κ1) is 20.9. The normalized spacial score (nSPS) is 15.9. The number of carbonyl (C=O) groups excluding carboxylic acids is 1. The number of anilines is 2. The van der Waals surface area contributed by atoms with Crippen LogP contribution >= 0.6 is 0 Å². The lowest BCUT2D eigenvalue weighted by Gasteiger charge is -2.27. The molecule has 2 aromatic carbocycles. The summed E-state index contributed by atoms with van der Waals surface area (Å²) in [6, 6.07) is 8.26. The number of amides is 1. The average Bonchev–Trinajstić information content (AvgIpc) is 2.74. The Balaban J connectivity index is 2.02. The van der Waals surface area contributed by atoms with Crippen molar-refractivity contribution in [2.24, 2.45) is 5.41 Å². The molecule has 0 saturated heterocycles. The van der Waals surface area contributed by atoms with Crippen molar-refractivity contribution >= 4 is 27.3 Å². The fourth-order valence-corrected chi connectivity index (χ4v) is 4.40. The van der Waals surface area contributed by atoms with E-state index < -0.39 is 21.3 Å². The molecule has 29 heavy (non-hydrogen) atoms. The first-order chi connectivity index (χ1) is 13.5. The van der Waals surface area contributed by atoms with Crippen molar-refractivity contribution in [3.8, 4) is 5.75 Å². The predicted octanol–water partition coefficient (Wildman–Crippen LogP) is 3.87. The highest BCUT2D eigenvalue weighted by atomic mass is 32.2. The summed E-state index contributed by atoms with van der Waals surface area (Å²) < 4.78 is 47.4. The molecule has 0 radical (unpaired) electrons. The number of nitrogens with zero attached hydrogens (tertiary/aromatic N) is 1. The zero-order valence-electron chi connectivity index (χ0n) is 16.5. The van der Waals surface area contributed by atoms with Gasteiger partial charge in [-0.2, -0.15) is 0 Å².